The summed E-state index contributed by atoms with van der Waals surface area (Å²) >= 11 is 5.92. The number of carbonyl (C=O) groups is 2. The molecule has 23 heavy (non-hydrogen) atoms. The van der Waals surface area contributed by atoms with E-state index in [2.05, 4.69) is 10.6 Å². The Morgan fingerprint density at radius 2 is 1.78 bits per heavy atom. The van der Waals surface area contributed by atoms with Crippen molar-refractivity contribution < 1.29 is 9.59 Å². The van der Waals surface area contributed by atoms with Crippen molar-refractivity contribution in [3.8, 4) is 0 Å². The molecule has 4 nitrogen and oxygen atoms in total. The van der Waals surface area contributed by atoms with E-state index in [4.69, 9.17) is 11.6 Å². The van der Waals surface area contributed by atoms with Crippen molar-refractivity contribution in [1.82, 2.24) is 5.32 Å². The Morgan fingerprint density at radius 3 is 2.43 bits per heavy atom. The van der Waals surface area contributed by atoms with Crippen LogP contribution in [0.25, 0.3) is 6.08 Å². The van der Waals surface area contributed by atoms with Crippen molar-refractivity contribution in [1.29, 1.82) is 0 Å². The normalized spacial score (nSPS) is 10.6. The zero-order chi connectivity index (χ0) is 16.8. The maximum Gasteiger partial charge on any atom is 0.251 e. The van der Waals surface area contributed by atoms with E-state index in [9.17, 15) is 9.59 Å². The fourth-order valence-corrected chi connectivity index (χ4v) is 2.14. The highest BCUT2D eigenvalue weighted by molar-refractivity contribution is 6.31. The zero-order valence-corrected chi connectivity index (χ0v) is 13.6. The van der Waals surface area contributed by atoms with Gasteiger partial charge in [0.2, 0.25) is 5.91 Å². The second-order valence-electron chi connectivity index (χ2n) is 4.98. The number of benzene rings is 2. The Morgan fingerprint density at radius 1 is 1.09 bits per heavy atom. The molecule has 0 spiro atoms. The minimum atomic E-state index is -0.245. The number of halogens is 1. The van der Waals surface area contributed by atoms with Gasteiger partial charge in [-0.25, -0.2) is 0 Å². The molecule has 2 N–H and O–H groups in total. The van der Waals surface area contributed by atoms with Crippen molar-refractivity contribution in [3.63, 3.8) is 0 Å². The zero-order valence-electron chi connectivity index (χ0n) is 12.9. The fourth-order valence-electron chi connectivity index (χ4n) is 1.97. The lowest BCUT2D eigenvalue weighted by Crippen LogP contribution is -2.17. The highest BCUT2D eigenvalue weighted by atomic mass is 35.5. The van der Waals surface area contributed by atoms with Gasteiger partial charge in [-0.3, -0.25) is 9.59 Å². The van der Waals surface area contributed by atoms with E-state index in [0.29, 0.717) is 16.3 Å². The Hall–Kier alpha value is -2.59. The van der Waals surface area contributed by atoms with Gasteiger partial charge in [-0.15, -0.1) is 0 Å². The van der Waals surface area contributed by atoms with E-state index in [1.807, 2.05) is 13.0 Å². The van der Waals surface area contributed by atoms with Gasteiger partial charge >= 0.3 is 0 Å². The predicted molar refractivity (Wildman–Crippen MR) is 93.7 cm³/mol. The van der Waals surface area contributed by atoms with Crippen LogP contribution in [0.4, 0.5) is 5.69 Å². The van der Waals surface area contributed by atoms with E-state index in [1.165, 1.54) is 6.08 Å². The average molecular weight is 329 g/mol. The van der Waals surface area contributed by atoms with Crippen molar-refractivity contribution in [3.05, 3.63) is 70.3 Å². The van der Waals surface area contributed by atoms with Gasteiger partial charge in [0.15, 0.2) is 0 Å². The molecule has 0 aliphatic rings. The fraction of sp³-hybridized carbons (Fsp3) is 0.111. The first-order valence-electron chi connectivity index (χ1n) is 7.07. The first kappa shape index (κ1) is 16.8. The van der Waals surface area contributed by atoms with Gasteiger partial charge in [0.05, 0.1) is 0 Å². The van der Waals surface area contributed by atoms with Crippen LogP contribution < -0.4 is 10.6 Å². The van der Waals surface area contributed by atoms with Crippen LogP contribution in [0, 0.1) is 6.92 Å². The summed E-state index contributed by atoms with van der Waals surface area (Å²) in [5, 5.41) is 5.91. The lowest BCUT2D eigenvalue weighted by atomic mass is 10.1. The number of anilines is 1. The predicted octanol–water partition coefficient (Wildman–Crippen LogP) is 3.66. The quantitative estimate of drug-likeness (QED) is 0.841. The monoisotopic (exact) mass is 328 g/mol. The van der Waals surface area contributed by atoms with Crippen molar-refractivity contribution >= 4 is 35.2 Å². The maximum absolute atomic E-state index is 12.0. The van der Waals surface area contributed by atoms with Gasteiger partial charge < -0.3 is 10.6 Å². The van der Waals surface area contributed by atoms with Crippen molar-refractivity contribution in [2.24, 2.45) is 0 Å². The van der Waals surface area contributed by atoms with Crippen LogP contribution in [-0.4, -0.2) is 18.9 Å². The molecule has 2 aromatic rings. The summed E-state index contributed by atoms with van der Waals surface area (Å²) in [6, 6.07) is 12.3. The number of amides is 2. The second kappa shape index (κ2) is 7.61. The first-order chi connectivity index (χ1) is 11.0. The molecule has 0 fully saturated rings. The molecular formula is C18H17ClN2O2. The molecule has 2 rings (SSSR count). The molecule has 0 radical (unpaired) electrons. The molecule has 0 aliphatic carbocycles. The molecule has 0 atom stereocenters. The Bertz CT molecular complexity index is 752. The number of aryl methyl sites for hydroxylation is 1. The summed E-state index contributed by atoms with van der Waals surface area (Å²) in [6.07, 6.45) is 3.12. The molecule has 0 bridgehead atoms. The van der Waals surface area contributed by atoms with E-state index in [0.717, 1.165) is 11.1 Å². The van der Waals surface area contributed by atoms with Gasteiger partial charge in [-0.05, 0) is 48.4 Å². The number of hydrogen-bond donors (Lipinski definition) is 2. The van der Waals surface area contributed by atoms with Gasteiger partial charge in [-0.1, -0.05) is 29.8 Å². The standard InChI is InChI=1S/C18H17ClN2O2/c1-12-3-9-15(19)11-16(12)21-17(22)10-6-13-4-7-14(8-5-13)18(23)20-2/h3-11H,1-2H3,(H,20,23)(H,21,22)/b10-6+. The third-order valence-electron chi connectivity index (χ3n) is 3.28. The number of nitrogens with one attached hydrogen (secondary N) is 2. The second-order valence-corrected chi connectivity index (χ2v) is 5.42. The lowest BCUT2D eigenvalue weighted by Gasteiger charge is -2.06. The third kappa shape index (κ3) is 4.69. The maximum atomic E-state index is 12.0. The number of carbonyl (C=O) groups excluding carboxylic acids is 2. The molecular weight excluding hydrogens is 312 g/mol. The van der Waals surface area contributed by atoms with Gasteiger partial charge in [0.25, 0.3) is 5.91 Å². The molecule has 0 saturated carbocycles. The van der Waals surface area contributed by atoms with Crippen LogP contribution in [0.15, 0.2) is 48.5 Å². The highest BCUT2D eigenvalue weighted by Gasteiger charge is 2.03. The van der Waals surface area contributed by atoms with Crippen LogP contribution >= 0.6 is 11.6 Å². The molecule has 2 aromatic carbocycles. The van der Waals surface area contributed by atoms with Crippen molar-refractivity contribution in [2.45, 2.75) is 6.92 Å². The Labute approximate surface area is 140 Å². The molecule has 0 saturated heterocycles. The summed E-state index contributed by atoms with van der Waals surface area (Å²) in [4.78, 5) is 23.4. The minimum absolute atomic E-state index is 0.144. The molecule has 0 unspecified atom stereocenters. The SMILES string of the molecule is CNC(=O)c1ccc(/C=C/C(=O)Nc2cc(Cl)ccc2C)cc1. The van der Waals surface area contributed by atoms with Gasteiger partial charge in [0.1, 0.15) is 0 Å². The van der Waals surface area contributed by atoms with Crippen molar-refractivity contribution in [2.75, 3.05) is 12.4 Å². The largest absolute Gasteiger partial charge is 0.355 e. The first-order valence-corrected chi connectivity index (χ1v) is 7.45. The number of rotatable bonds is 4. The van der Waals surface area contributed by atoms with Crippen LogP contribution in [0.3, 0.4) is 0 Å². The van der Waals surface area contributed by atoms with Crippen LogP contribution in [0.1, 0.15) is 21.5 Å². The van der Waals surface area contributed by atoms with E-state index in [-0.39, 0.29) is 11.8 Å². The summed E-state index contributed by atoms with van der Waals surface area (Å²) in [5.74, 6) is -0.388. The summed E-state index contributed by atoms with van der Waals surface area (Å²) < 4.78 is 0. The van der Waals surface area contributed by atoms with Crippen LogP contribution in [-0.2, 0) is 4.79 Å². The van der Waals surface area contributed by atoms with Gasteiger partial charge in [0, 0.05) is 29.4 Å². The summed E-state index contributed by atoms with van der Waals surface area (Å²) in [5.41, 5.74) is 3.02. The smallest absolute Gasteiger partial charge is 0.251 e. The highest BCUT2D eigenvalue weighted by Crippen LogP contribution is 2.20. The molecule has 118 valence electrons. The Balaban J connectivity index is 2.03. The molecule has 0 aromatic heterocycles. The van der Waals surface area contributed by atoms with Crippen LogP contribution in [0.5, 0.6) is 0 Å². The Kier molecular flexibility index (Phi) is 5.55. The minimum Gasteiger partial charge on any atom is -0.355 e. The topological polar surface area (TPSA) is 58.2 Å². The van der Waals surface area contributed by atoms with Crippen LogP contribution in [0.2, 0.25) is 5.02 Å². The molecule has 0 heterocycles. The average Bonchev–Trinajstić information content (AvgIpc) is 2.56. The summed E-state index contributed by atoms with van der Waals surface area (Å²) in [6.45, 7) is 1.90. The number of hydrogen-bond acceptors (Lipinski definition) is 2. The molecule has 5 heteroatoms. The van der Waals surface area contributed by atoms with Gasteiger partial charge in [-0.2, -0.15) is 0 Å². The molecule has 2 amide bonds. The summed E-state index contributed by atoms with van der Waals surface area (Å²) in [7, 11) is 1.58. The van der Waals surface area contributed by atoms with E-state index < -0.39 is 0 Å². The van der Waals surface area contributed by atoms with E-state index >= 15 is 0 Å². The molecule has 0 aliphatic heterocycles. The third-order valence-corrected chi connectivity index (χ3v) is 3.52. The lowest BCUT2D eigenvalue weighted by molar-refractivity contribution is -0.111. The van der Waals surface area contributed by atoms with E-state index in [1.54, 1.807) is 49.5 Å².